The number of anilines is 2. The summed E-state index contributed by atoms with van der Waals surface area (Å²) in [5.74, 6) is 0.610. The van der Waals surface area contributed by atoms with E-state index in [0.29, 0.717) is 30.9 Å². The second-order valence-corrected chi connectivity index (χ2v) is 6.84. The van der Waals surface area contributed by atoms with Crippen molar-refractivity contribution in [1.29, 1.82) is 0 Å². The number of hydrogen-bond donors (Lipinski definition) is 1. The standard InChI is InChI=1S/C22H22FN5O/c23-19-6-2-1-5-17(19)15-25-18-8-9-20(26-16-18)22(29)28-13-11-27(12-14-28)21-7-3-4-10-24-21/h1-10,16,25H,11-15H2. The fourth-order valence-electron chi connectivity index (χ4n) is 3.31. The van der Waals surface area contributed by atoms with Crippen molar-refractivity contribution in [1.82, 2.24) is 14.9 Å². The van der Waals surface area contributed by atoms with E-state index in [1.165, 1.54) is 6.07 Å². The van der Waals surface area contributed by atoms with Crippen LogP contribution in [0.2, 0.25) is 0 Å². The minimum atomic E-state index is -0.246. The second kappa shape index (κ2) is 8.68. The molecule has 0 bridgehead atoms. The topological polar surface area (TPSA) is 61.4 Å². The third-order valence-electron chi connectivity index (χ3n) is 4.96. The molecule has 1 amide bonds. The highest BCUT2D eigenvalue weighted by Gasteiger charge is 2.23. The Kier molecular flexibility index (Phi) is 5.65. The van der Waals surface area contributed by atoms with Gasteiger partial charge in [-0.05, 0) is 30.3 Å². The number of hydrogen-bond acceptors (Lipinski definition) is 5. The van der Waals surface area contributed by atoms with Gasteiger partial charge in [0.2, 0.25) is 0 Å². The maximum Gasteiger partial charge on any atom is 0.272 e. The van der Waals surface area contributed by atoms with E-state index in [9.17, 15) is 9.18 Å². The van der Waals surface area contributed by atoms with Gasteiger partial charge in [0, 0.05) is 44.5 Å². The van der Waals surface area contributed by atoms with Crippen LogP contribution in [0.3, 0.4) is 0 Å². The number of piperazine rings is 1. The van der Waals surface area contributed by atoms with Crippen LogP contribution in [0.1, 0.15) is 16.1 Å². The predicted octanol–water partition coefficient (Wildman–Crippen LogP) is 3.19. The van der Waals surface area contributed by atoms with Gasteiger partial charge in [-0.25, -0.2) is 14.4 Å². The Balaban J connectivity index is 1.32. The molecule has 3 heterocycles. The zero-order valence-corrected chi connectivity index (χ0v) is 16.0. The van der Waals surface area contributed by atoms with Crippen LogP contribution in [-0.2, 0) is 6.54 Å². The first kappa shape index (κ1) is 18.9. The number of halogens is 1. The highest BCUT2D eigenvalue weighted by atomic mass is 19.1. The summed E-state index contributed by atoms with van der Waals surface area (Å²) in [6.07, 6.45) is 3.39. The van der Waals surface area contributed by atoms with E-state index < -0.39 is 0 Å². The van der Waals surface area contributed by atoms with Gasteiger partial charge in [-0.3, -0.25) is 4.79 Å². The summed E-state index contributed by atoms with van der Waals surface area (Å²) in [6.45, 7) is 3.10. The first-order chi connectivity index (χ1) is 14.2. The minimum absolute atomic E-state index is 0.0775. The van der Waals surface area contributed by atoms with E-state index >= 15 is 0 Å². The summed E-state index contributed by atoms with van der Waals surface area (Å²) in [5, 5.41) is 3.13. The van der Waals surface area contributed by atoms with Gasteiger partial charge in [-0.1, -0.05) is 24.3 Å². The number of carbonyl (C=O) groups excluding carboxylic acids is 1. The predicted molar refractivity (Wildman–Crippen MR) is 110 cm³/mol. The van der Waals surface area contributed by atoms with Crippen molar-refractivity contribution in [3.63, 3.8) is 0 Å². The average Bonchev–Trinajstić information content (AvgIpc) is 2.79. The van der Waals surface area contributed by atoms with Crippen molar-refractivity contribution >= 4 is 17.4 Å². The third-order valence-corrected chi connectivity index (χ3v) is 4.96. The molecule has 0 radical (unpaired) electrons. The van der Waals surface area contributed by atoms with Crippen LogP contribution in [0.25, 0.3) is 0 Å². The Hall–Kier alpha value is -3.48. The van der Waals surface area contributed by atoms with Crippen molar-refractivity contribution in [3.05, 3.63) is 84.1 Å². The number of benzene rings is 1. The van der Waals surface area contributed by atoms with Crippen LogP contribution in [0.15, 0.2) is 67.0 Å². The van der Waals surface area contributed by atoms with E-state index in [2.05, 4.69) is 20.2 Å². The van der Waals surface area contributed by atoms with Gasteiger partial charge in [0.1, 0.15) is 17.3 Å². The van der Waals surface area contributed by atoms with Crippen LogP contribution in [0, 0.1) is 5.82 Å². The van der Waals surface area contributed by atoms with E-state index in [0.717, 1.165) is 24.6 Å². The summed E-state index contributed by atoms with van der Waals surface area (Å²) in [7, 11) is 0. The summed E-state index contributed by atoms with van der Waals surface area (Å²) < 4.78 is 13.7. The molecule has 29 heavy (non-hydrogen) atoms. The highest BCUT2D eigenvalue weighted by Crippen LogP contribution is 2.15. The van der Waals surface area contributed by atoms with Crippen molar-refractivity contribution in [2.24, 2.45) is 0 Å². The maximum atomic E-state index is 13.7. The van der Waals surface area contributed by atoms with Crippen LogP contribution >= 0.6 is 0 Å². The number of amides is 1. The summed E-state index contributed by atoms with van der Waals surface area (Å²) >= 11 is 0. The number of pyridine rings is 2. The molecule has 1 aromatic carbocycles. The molecule has 1 fully saturated rings. The van der Waals surface area contributed by atoms with Crippen molar-refractivity contribution < 1.29 is 9.18 Å². The van der Waals surface area contributed by atoms with Gasteiger partial charge in [-0.15, -0.1) is 0 Å². The largest absolute Gasteiger partial charge is 0.380 e. The molecule has 2 aromatic heterocycles. The Morgan fingerprint density at radius 2 is 1.76 bits per heavy atom. The monoisotopic (exact) mass is 391 g/mol. The lowest BCUT2D eigenvalue weighted by Crippen LogP contribution is -2.49. The molecular formula is C22H22FN5O. The van der Waals surface area contributed by atoms with Crippen LogP contribution in [-0.4, -0.2) is 47.0 Å². The molecule has 148 valence electrons. The molecule has 1 N–H and O–H groups in total. The first-order valence-electron chi connectivity index (χ1n) is 9.59. The van der Waals surface area contributed by atoms with E-state index in [4.69, 9.17) is 0 Å². The lowest BCUT2D eigenvalue weighted by molar-refractivity contribution is 0.0740. The normalized spacial score (nSPS) is 14.0. The third kappa shape index (κ3) is 4.51. The van der Waals surface area contributed by atoms with Gasteiger partial charge in [0.05, 0.1) is 11.9 Å². The summed E-state index contributed by atoms with van der Waals surface area (Å²) in [6, 6.07) is 16.0. The second-order valence-electron chi connectivity index (χ2n) is 6.84. The average molecular weight is 391 g/mol. The fourth-order valence-corrected chi connectivity index (χ4v) is 3.31. The number of aromatic nitrogens is 2. The highest BCUT2D eigenvalue weighted by molar-refractivity contribution is 5.92. The van der Waals surface area contributed by atoms with E-state index in [1.807, 2.05) is 23.1 Å². The Labute approximate surface area is 169 Å². The molecule has 4 rings (SSSR count). The van der Waals surface area contributed by atoms with Gasteiger partial charge in [-0.2, -0.15) is 0 Å². The van der Waals surface area contributed by atoms with Gasteiger partial charge >= 0.3 is 0 Å². The zero-order valence-electron chi connectivity index (χ0n) is 16.0. The summed E-state index contributed by atoms with van der Waals surface area (Å²) in [4.78, 5) is 25.4. The van der Waals surface area contributed by atoms with Crippen LogP contribution in [0.5, 0.6) is 0 Å². The number of nitrogens with zero attached hydrogens (tertiary/aromatic N) is 4. The molecule has 0 aliphatic carbocycles. The summed E-state index contributed by atoms with van der Waals surface area (Å²) in [5.41, 5.74) is 1.73. The minimum Gasteiger partial charge on any atom is -0.380 e. The number of nitrogens with one attached hydrogen (secondary N) is 1. The molecule has 0 unspecified atom stereocenters. The number of rotatable bonds is 5. The molecule has 1 aliphatic rings. The fraction of sp³-hybridized carbons (Fsp3) is 0.227. The molecular weight excluding hydrogens is 369 g/mol. The van der Waals surface area contributed by atoms with Gasteiger partial charge in [0.15, 0.2) is 0 Å². The lowest BCUT2D eigenvalue weighted by atomic mass is 10.2. The van der Waals surface area contributed by atoms with Crippen molar-refractivity contribution in [2.45, 2.75) is 6.54 Å². The molecule has 1 saturated heterocycles. The lowest BCUT2D eigenvalue weighted by Gasteiger charge is -2.35. The first-order valence-corrected chi connectivity index (χ1v) is 9.59. The van der Waals surface area contributed by atoms with Crippen molar-refractivity contribution in [2.75, 3.05) is 36.4 Å². The molecule has 3 aromatic rings. The van der Waals surface area contributed by atoms with E-state index in [-0.39, 0.29) is 11.7 Å². The maximum absolute atomic E-state index is 13.7. The van der Waals surface area contributed by atoms with Gasteiger partial charge < -0.3 is 15.1 Å². The number of carbonyl (C=O) groups is 1. The molecule has 1 aliphatic heterocycles. The Morgan fingerprint density at radius 3 is 2.45 bits per heavy atom. The van der Waals surface area contributed by atoms with Crippen LogP contribution in [0.4, 0.5) is 15.9 Å². The van der Waals surface area contributed by atoms with E-state index in [1.54, 1.807) is 42.7 Å². The molecule has 0 atom stereocenters. The molecule has 0 saturated carbocycles. The zero-order chi connectivity index (χ0) is 20.1. The molecule has 0 spiro atoms. The van der Waals surface area contributed by atoms with Gasteiger partial charge in [0.25, 0.3) is 5.91 Å². The molecule has 6 nitrogen and oxygen atoms in total. The smallest absolute Gasteiger partial charge is 0.272 e. The quantitative estimate of drug-likeness (QED) is 0.724. The Morgan fingerprint density at radius 1 is 0.966 bits per heavy atom. The molecule has 7 heteroatoms. The van der Waals surface area contributed by atoms with Crippen LogP contribution < -0.4 is 10.2 Å². The SMILES string of the molecule is O=C(c1ccc(NCc2ccccc2F)cn1)N1CCN(c2ccccn2)CC1. The van der Waals surface area contributed by atoms with Crippen molar-refractivity contribution in [3.8, 4) is 0 Å². The Bertz CT molecular complexity index is 956.